The lowest BCUT2D eigenvalue weighted by Crippen LogP contribution is -2.27. The lowest BCUT2D eigenvalue weighted by molar-refractivity contribution is -0.121. The topological polar surface area (TPSA) is 89.2 Å². The fraction of sp³-hybridized carbons (Fsp3) is 0.476. The molecule has 1 N–H and O–H groups in total. The van der Waals surface area contributed by atoms with Gasteiger partial charge in [-0.1, -0.05) is 0 Å². The monoisotopic (exact) mass is 384 g/mol. The molecule has 7 nitrogen and oxygen atoms in total. The summed E-state index contributed by atoms with van der Waals surface area (Å²) < 4.78 is 12.5. The molecule has 1 aromatic carbocycles. The molecule has 0 aliphatic rings. The minimum absolute atomic E-state index is 0.0408. The third kappa shape index (κ3) is 5.03. The zero-order valence-electron chi connectivity index (χ0n) is 17.2. The number of amides is 1. The van der Waals surface area contributed by atoms with Gasteiger partial charge in [-0.2, -0.15) is 10.4 Å². The number of carbonyl (C=O) groups excluding carboxylic acids is 1. The van der Waals surface area contributed by atoms with E-state index in [0.29, 0.717) is 37.3 Å². The molecule has 2 aromatic rings. The van der Waals surface area contributed by atoms with E-state index in [1.807, 2.05) is 43.7 Å². The maximum absolute atomic E-state index is 12.5. The van der Waals surface area contributed by atoms with Crippen LogP contribution in [0.5, 0.6) is 11.5 Å². The largest absolute Gasteiger partial charge is 0.497 e. The van der Waals surface area contributed by atoms with Crippen molar-refractivity contribution in [2.45, 2.75) is 52.6 Å². The first kappa shape index (κ1) is 21.3. The van der Waals surface area contributed by atoms with Crippen LogP contribution in [0.2, 0.25) is 0 Å². The molecule has 28 heavy (non-hydrogen) atoms. The summed E-state index contributed by atoms with van der Waals surface area (Å²) in [6.45, 7) is 6.41. The van der Waals surface area contributed by atoms with Gasteiger partial charge in [0.15, 0.2) is 0 Å². The summed E-state index contributed by atoms with van der Waals surface area (Å²) in [6.07, 6.45) is 1.39. The van der Waals surface area contributed by atoms with Gasteiger partial charge in [0.25, 0.3) is 0 Å². The summed E-state index contributed by atoms with van der Waals surface area (Å²) in [5, 5.41) is 16.3. The maximum Gasteiger partial charge on any atom is 0.220 e. The molecule has 0 bridgehead atoms. The molecule has 1 heterocycles. The molecule has 2 rings (SSSR count). The number of aryl methyl sites for hydroxylation is 2. The van der Waals surface area contributed by atoms with E-state index in [0.717, 1.165) is 22.5 Å². The Morgan fingerprint density at radius 2 is 2.07 bits per heavy atom. The molecular formula is C21H28N4O3. The van der Waals surface area contributed by atoms with Crippen molar-refractivity contribution in [2.24, 2.45) is 0 Å². The number of nitrogens with zero attached hydrogens (tertiary/aromatic N) is 3. The number of methoxy groups -OCH3 is 2. The highest BCUT2D eigenvalue weighted by Gasteiger charge is 2.17. The van der Waals surface area contributed by atoms with Crippen molar-refractivity contribution in [3.8, 4) is 17.6 Å². The smallest absolute Gasteiger partial charge is 0.220 e. The van der Waals surface area contributed by atoms with Crippen LogP contribution in [-0.2, 0) is 17.8 Å². The van der Waals surface area contributed by atoms with Crippen molar-refractivity contribution in [2.75, 3.05) is 14.2 Å². The number of hydrogen-bond donors (Lipinski definition) is 1. The molecule has 0 aliphatic heterocycles. The van der Waals surface area contributed by atoms with E-state index in [1.165, 1.54) is 0 Å². The highest BCUT2D eigenvalue weighted by atomic mass is 16.5. The summed E-state index contributed by atoms with van der Waals surface area (Å²) in [5.41, 5.74) is 3.86. The van der Waals surface area contributed by atoms with E-state index in [9.17, 15) is 4.79 Å². The number of rotatable bonds is 9. The van der Waals surface area contributed by atoms with Gasteiger partial charge in [-0.15, -0.1) is 0 Å². The van der Waals surface area contributed by atoms with E-state index < -0.39 is 0 Å². The van der Waals surface area contributed by atoms with Gasteiger partial charge >= 0.3 is 0 Å². The molecule has 150 valence electrons. The SMILES string of the molecule is COc1ccc(OC)c([C@@H](C)NC(=O)CCc2c(C)nn(CCC#N)c2C)c1. The van der Waals surface area contributed by atoms with Gasteiger partial charge in [-0.05, 0) is 51.0 Å². The number of nitriles is 1. The molecule has 0 saturated heterocycles. The highest BCUT2D eigenvalue weighted by molar-refractivity contribution is 5.77. The molecular weight excluding hydrogens is 356 g/mol. The Bertz CT molecular complexity index is 867. The molecule has 1 atom stereocenters. The van der Waals surface area contributed by atoms with Crippen LogP contribution in [-0.4, -0.2) is 29.9 Å². The quantitative estimate of drug-likeness (QED) is 0.717. The molecule has 0 spiro atoms. The zero-order valence-corrected chi connectivity index (χ0v) is 17.2. The summed E-state index contributed by atoms with van der Waals surface area (Å²) in [7, 11) is 3.21. The number of benzene rings is 1. The Kier molecular flexibility index (Phi) is 7.44. The van der Waals surface area contributed by atoms with E-state index >= 15 is 0 Å². The second kappa shape index (κ2) is 9.79. The third-order valence-electron chi connectivity index (χ3n) is 4.85. The van der Waals surface area contributed by atoms with Crippen molar-refractivity contribution >= 4 is 5.91 Å². The molecule has 0 fully saturated rings. The minimum atomic E-state index is -0.210. The van der Waals surface area contributed by atoms with E-state index in [4.69, 9.17) is 14.7 Å². The lowest BCUT2D eigenvalue weighted by Gasteiger charge is -2.18. The van der Waals surface area contributed by atoms with Crippen LogP contribution in [0, 0.1) is 25.2 Å². The molecule has 0 saturated carbocycles. The van der Waals surface area contributed by atoms with Crippen molar-refractivity contribution < 1.29 is 14.3 Å². The van der Waals surface area contributed by atoms with E-state index in [-0.39, 0.29) is 11.9 Å². The number of aromatic nitrogens is 2. The molecule has 0 radical (unpaired) electrons. The minimum Gasteiger partial charge on any atom is -0.497 e. The first-order valence-corrected chi connectivity index (χ1v) is 9.32. The van der Waals surface area contributed by atoms with Crippen molar-refractivity contribution in [1.29, 1.82) is 5.26 Å². The molecule has 0 aliphatic carbocycles. The summed E-state index contributed by atoms with van der Waals surface area (Å²) in [6, 6.07) is 7.45. The van der Waals surface area contributed by atoms with Gasteiger partial charge in [-0.3, -0.25) is 9.48 Å². The normalized spacial score (nSPS) is 11.6. The maximum atomic E-state index is 12.5. The molecule has 7 heteroatoms. The number of carbonyl (C=O) groups is 1. The van der Waals surface area contributed by atoms with Gasteiger partial charge in [0.1, 0.15) is 11.5 Å². The van der Waals surface area contributed by atoms with Crippen LogP contribution < -0.4 is 14.8 Å². The predicted molar refractivity (Wildman–Crippen MR) is 106 cm³/mol. The van der Waals surface area contributed by atoms with Crippen LogP contribution >= 0.6 is 0 Å². The second-order valence-corrected chi connectivity index (χ2v) is 6.68. The molecule has 0 unspecified atom stereocenters. The Balaban J connectivity index is 2.02. The summed E-state index contributed by atoms with van der Waals surface area (Å²) >= 11 is 0. The van der Waals surface area contributed by atoms with Gasteiger partial charge in [0.05, 0.1) is 45.0 Å². The predicted octanol–water partition coefficient (Wildman–Crippen LogP) is 3.24. The molecule has 1 amide bonds. The van der Waals surface area contributed by atoms with Crippen LogP contribution in [0.25, 0.3) is 0 Å². The number of hydrogen-bond acceptors (Lipinski definition) is 5. The van der Waals surface area contributed by atoms with Crippen LogP contribution in [0.3, 0.4) is 0 Å². The average molecular weight is 384 g/mol. The first-order valence-electron chi connectivity index (χ1n) is 9.32. The van der Waals surface area contributed by atoms with Gasteiger partial charge in [-0.25, -0.2) is 0 Å². The average Bonchev–Trinajstić information content (AvgIpc) is 2.96. The van der Waals surface area contributed by atoms with Gasteiger partial charge < -0.3 is 14.8 Å². The molecule has 1 aromatic heterocycles. The van der Waals surface area contributed by atoms with Crippen molar-refractivity contribution in [3.63, 3.8) is 0 Å². The Morgan fingerprint density at radius 3 is 2.71 bits per heavy atom. The van der Waals surface area contributed by atoms with Gasteiger partial charge in [0.2, 0.25) is 5.91 Å². The standard InChI is InChI=1S/C21H28N4O3/c1-14(19-13-17(27-4)7-9-20(19)28-5)23-21(26)10-8-18-15(2)24-25(16(18)3)12-6-11-22/h7,9,13-14H,6,8,10,12H2,1-5H3,(H,23,26)/t14-/m1/s1. The fourth-order valence-corrected chi connectivity index (χ4v) is 3.28. The number of ether oxygens (including phenoxy) is 2. The summed E-state index contributed by atoms with van der Waals surface area (Å²) in [5.74, 6) is 1.38. The van der Waals surface area contributed by atoms with E-state index in [1.54, 1.807) is 14.2 Å². The first-order chi connectivity index (χ1) is 13.4. The lowest BCUT2D eigenvalue weighted by atomic mass is 10.0. The fourth-order valence-electron chi connectivity index (χ4n) is 3.28. The van der Waals surface area contributed by atoms with Crippen LogP contribution in [0.4, 0.5) is 0 Å². The Labute approximate surface area is 166 Å². The Morgan fingerprint density at radius 1 is 1.32 bits per heavy atom. The highest BCUT2D eigenvalue weighted by Crippen LogP contribution is 2.29. The van der Waals surface area contributed by atoms with Crippen molar-refractivity contribution in [3.05, 3.63) is 40.7 Å². The summed E-state index contributed by atoms with van der Waals surface area (Å²) in [4.78, 5) is 12.5. The number of nitrogens with one attached hydrogen (secondary N) is 1. The Hall–Kier alpha value is -3.01. The van der Waals surface area contributed by atoms with Gasteiger partial charge in [0, 0.05) is 17.7 Å². The van der Waals surface area contributed by atoms with Crippen LogP contribution in [0.1, 0.15) is 48.3 Å². The van der Waals surface area contributed by atoms with E-state index in [2.05, 4.69) is 16.5 Å². The van der Waals surface area contributed by atoms with Crippen molar-refractivity contribution in [1.82, 2.24) is 15.1 Å². The zero-order chi connectivity index (χ0) is 20.7. The van der Waals surface area contributed by atoms with Crippen LogP contribution in [0.15, 0.2) is 18.2 Å². The third-order valence-corrected chi connectivity index (χ3v) is 4.85. The second-order valence-electron chi connectivity index (χ2n) is 6.68.